The fourth-order valence-corrected chi connectivity index (χ4v) is 3.03. The van der Waals surface area contributed by atoms with Gasteiger partial charge in [0.25, 0.3) is 0 Å². The molecule has 1 heterocycles. The first kappa shape index (κ1) is 16.0. The first-order valence-electron chi connectivity index (χ1n) is 7.63. The van der Waals surface area contributed by atoms with Crippen LogP contribution in [0.2, 0.25) is 0 Å². The summed E-state index contributed by atoms with van der Waals surface area (Å²) >= 11 is 0. The Morgan fingerprint density at radius 3 is 2.52 bits per heavy atom. The van der Waals surface area contributed by atoms with Gasteiger partial charge in [-0.25, -0.2) is 4.39 Å². The highest BCUT2D eigenvalue weighted by atomic mass is 19.1. The van der Waals surface area contributed by atoms with Gasteiger partial charge in [0.15, 0.2) is 0 Å². The molecule has 4 heteroatoms. The minimum absolute atomic E-state index is 0.0105. The van der Waals surface area contributed by atoms with E-state index in [2.05, 4.69) is 4.90 Å². The van der Waals surface area contributed by atoms with Gasteiger partial charge in [-0.15, -0.1) is 0 Å². The number of hydrogen-bond acceptors (Lipinski definition) is 3. The molecule has 1 unspecified atom stereocenters. The zero-order chi connectivity index (χ0) is 15.2. The van der Waals surface area contributed by atoms with Crippen LogP contribution in [-0.2, 0) is 16.1 Å². The van der Waals surface area contributed by atoms with E-state index in [1.54, 1.807) is 0 Å². The summed E-state index contributed by atoms with van der Waals surface area (Å²) in [4.78, 5) is 13.9. The number of carbonyl (C=O) groups is 1. The van der Waals surface area contributed by atoms with Crippen molar-refractivity contribution in [3.05, 3.63) is 35.6 Å². The van der Waals surface area contributed by atoms with Crippen LogP contribution in [0.15, 0.2) is 24.3 Å². The molecule has 1 aromatic rings. The molecule has 0 N–H and O–H groups in total. The topological polar surface area (TPSA) is 29.5 Å². The van der Waals surface area contributed by atoms with Crippen molar-refractivity contribution in [2.24, 2.45) is 11.8 Å². The summed E-state index contributed by atoms with van der Waals surface area (Å²) in [5, 5.41) is 0. The molecule has 1 aromatic carbocycles. The molecule has 2 rings (SSSR count). The van der Waals surface area contributed by atoms with Crippen molar-refractivity contribution in [1.82, 2.24) is 4.90 Å². The maximum atomic E-state index is 12.9. The molecule has 0 aliphatic carbocycles. The van der Waals surface area contributed by atoms with E-state index in [-0.39, 0.29) is 17.7 Å². The summed E-state index contributed by atoms with van der Waals surface area (Å²) in [5.74, 6) is 0.296. The summed E-state index contributed by atoms with van der Waals surface area (Å²) in [6, 6.07) is 6.72. The van der Waals surface area contributed by atoms with Crippen LogP contribution in [0.4, 0.5) is 4.39 Å². The lowest BCUT2D eigenvalue weighted by Gasteiger charge is -2.32. The number of hydrogen-bond donors (Lipinski definition) is 0. The lowest BCUT2D eigenvalue weighted by Crippen LogP contribution is -2.34. The number of likely N-dealkylation sites (tertiary alicyclic amines) is 1. The summed E-state index contributed by atoms with van der Waals surface area (Å²) in [6.07, 6.45) is 3.14. The van der Waals surface area contributed by atoms with Gasteiger partial charge in [0.2, 0.25) is 0 Å². The quantitative estimate of drug-likeness (QED) is 0.781. The third-order valence-electron chi connectivity index (χ3n) is 4.32. The van der Waals surface area contributed by atoms with Gasteiger partial charge < -0.3 is 4.74 Å². The molecule has 0 radical (unpaired) electrons. The van der Waals surface area contributed by atoms with Crippen LogP contribution in [0.25, 0.3) is 0 Å². The Kier molecular flexibility index (Phi) is 5.74. The van der Waals surface area contributed by atoms with E-state index in [4.69, 9.17) is 4.74 Å². The van der Waals surface area contributed by atoms with E-state index in [1.807, 2.05) is 19.1 Å². The molecule has 116 valence electrons. The van der Waals surface area contributed by atoms with E-state index in [1.165, 1.54) is 19.2 Å². The number of esters is 1. The van der Waals surface area contributed by atoms with Gasteiger partial charge in [0.05, 0.1) is 13.0 Å². The maximum absolute atomic E-state index is 12.9. The molecule has 0 aromatic heterocycles. The minimum atomic E-state index is -0.186. The Morgan fingerprint density at radius 2 is 1.95 bits per heavy atom. The molecule has 1 atom stereocenters. The highest BCUT2D eigenvalue weighted by Gasteiger charge is 2.24. The zero-order valence-corrected chi connectivity index (χ0v) is 12.8. The minimum Gasteiger partial charge on any atom is -0.469 e. The molecule has 0 spiro atoms. The Balaban J connectivity index is 1.75. The van der Waals surface area contributed by atoms with Crippen molar-refractivity contribution >= 4 is 5.97 Å². The van der Waals surface area contributed by atoms with Crippen LogP contribution in [0.3, 0.4) is 0 Å². The van der Waals surface area contributed by atoms with Crippen molar-refractivity contribution in [1.29, 1.82) is 0 Å². The fraction of sp³-hybridized carbons (Fsp3) is 0.588. The number of ether oxygens (including phenoxy) is 1. The molecule has 1 saturated heterocycles. The monoisotopic (exact) mass is 293 g/mol. The molecule has 21 heavy (non-hydrogen) atoms. The van der Waals surface area contributed by atoms with Gasteiger partial charge in [0.1, 0.15) is 5.82 Å². The second kappa shape index (κ2) is 7.55. The maximum Gasteiger partial charge on any atom is 0.308 e. The van der Waals surface area contributed by atoms with E-state index in [0.29, 0.717) is 5.92 Å². The van der Waals surface area contributed by atoms with Gasteiger partial charge in [-0.3, -0.25) is 9.69 Å². The SMILES string of the molecule is COC(=O)C(C)CC1CCN(Cc2ccc(F)cc2)CC1. The fourth-order valence-electron chi connectivity index (χ4n) is 3.03. The number of benzene rings is 1. The van der Waals surface area contributed by atoms with Crippen LogP contribution in [0, 0.1) is 17.7 Å². The standard InChI is InChI=1S/C17H24FNO2/c1-13(17(20)21-2)11-14-7-9-19(10-8-14)12-15-3-5-16(18)6-4-15/h3-6,13-14H,7-12H2,1-2H3. The van der Waals surface area contributed by atoms with Crippen molar-refractivity contribution in [3.63, 3.8) is 0 Å². The summed E-state index contributed by atoms with van der Waals surface area (Å²) in [5.41, 5.74) is 1.15. The number of piperidine rings is 1. The van der Waals surface area contributed by atoms with E-state index < -0.39 is 0 Å². The smallest absolute Gasteiger partial charge is 0.308 e. The molecular weight excluding hydrogens is 269 g/mol. The Morgan fingerprint density at radius 1 is 1.33 bits per heavy atom. The van der Waals surface area contributed by atoms with E-state index >= 15 is 0 Å². The second-order valence-corrected chi connectivity index (χ2v) is 6.01. The number of rotatable bonds is 5. The van der Waals surface area contributed by atoms with Crippen LogP contribution >= 0.6 is 0 Å². The van der Waals surface area contributed by atoms with E-state index in [0.717, 1.165) is 44.5 Å². The average Bonchev–Trinajstić information content (AvgIpc) is 2.50. The van der Waals surface area contributed by atoms with Gasteiger partial charge in [-0.05, 0) is 56.0 Å². The third kappa shape index (κ3) is 4.81. The molecule has 1 fully saturated rings. The zero-order valence-electron chi connectivity index (χ0n) is 12.8. The van der Waals surface area contributed by atoms with Crippen LogP contribution < -0.4 is 0 Å². The second-order valence-electron chi connectivity index (χ2n) is 6.01. The average molecular weight is 293 g/mol. The number of nitrogens with zero attached hydrogens (tertiary/aromatic N) is 1. The van der Waals surface area contributed by atoms with Crippen molar-refractivity contribution < 1.29 is 13.9 Å². The van der Waals surface area contributed by atoms with Gasteiger partial charge >= 0.3 is 5.97 Å². The van der Waals surface area contributed by atoms with E-state index in [9.17, 15) is 9.18 Å². The first-order chi connectivity index (χ1) is 10.1. The van der Waals surface area contributed by atoms with Crippen molar-refractivity contribution in [2.75, 3.05) is 20.2 Å². The highest BCUT2D eigenvalue weighted by molar-refractivity contribution is 5.71. The molecule has 0 saturated carbocycles. The van der Waals surface area contributed by atoms with Crippen molar-refractivity contribution in [2.45, 2.75) is 32.7 Å². The summed E-state index contributed by atoms with van der Waals surface area (Å²) < 4.78 is 17.7. The van der Waals surface area contributed by atoms with Crippen LogP contribution in [0.1, 0.15) is 31.7 Å². The Hall–Kier alpha value is -1.42. The van der Waals surface area contributed by atoms with Gasteiger partial charge in [-0.1, -0.05) is 19.1 Å². The molecule has 1 aliphatic rings. The largest absolute Gasteiger partial charge is 0.469 e. The number of methoxy groups -OCH3 is 1. The lowest BCUT2D eigenvalue weighted by atomic mass is 9.88. The Bertz CT molecular complexity index is 452. The predicted octanol–water partition coefficient (Wildman–Crippen LogP) is 3.24. The normalized spacial score (nSPS) is 18.4. The first-order valence-corrected chi connectivity index (χ1v) is 7.63. The number of halogens is 1. The third-order valence-corrected chi connectivity index (χ3v) is 4.32. The molecular formula is C17H24FNO2. The van der Waals surface area contributed by atoms with Crippen LogP contribution in [-0.4, -0.2) is 31.1 Å². The van der Waals surface area contributed by atoms with Gasteiger partial charge in [0, 0.05) is 6.54 Å². The predicted molar refractivity (Wildman–Crippen MR) is 80.2 cm³/mol. The summed E-state index contributed by atoms with van der Waals surface area (Å²) in [6.45, 7) is 4.89. The summed E-state index contributed by atoms with van der Waals surface area (Å²) in [7, 11) is 1.45. The number of carbonyl (C=O) groups excluding carboxylic acids is 1. The van der Waals surface area contributed by atoms with Gasteiger partial charge in [-0.2, -0.15) is 0 Å². The molecule has 0 amide bonds. The lowest BCUT2D eigenvalue weighted by molar-refractivity contribution is -0.145. The molecule has 1 aliphatic heterocycles. The highest BCUT2D eigenvalue weighted by Crippen LogP contribution is 2.25. The van der Waals surface area contributed by atoms with Crippen LogP contribution in [0.5, 0.6) is 0 Å². The molecule has 0 bridgehead atoms. The van der Waals surface area contributed by atoms with Crippen molar-refractivity contribution in [3.8, 4) is 0 Å². The molecule has 3 nitrogen and oxygen atoms in total. The Labute approximate surface area is 126 Å².